The molecule has 0 aliphatic rings. The van der Waals surface area contributed by atoms with Crippen LogP contribution in [0.25, 0.3) is 83.3 Å². The van der Waals surface area contributed by atoms with Crippen LogP contribution >= 0.6 is 0 Å². The van der Waals surface area contributed by atoms with Gasteiger partial charge in [0.05, 0.1) is 39.6 Å². The first-order valence-electron chi connectivity index (χ1n) is 23.3. The van der Waals surface area contributed by atoms with Crippen LogP contribution in [0.15, 0.2) is 140 Å². The third-order valence-electron chi connectivity index (χ3n) is 12.9. The first-order valence-corrected chi connectivity index (χ1v) is 23.3. The van der Waals surface area contributed by atoms with Crippen molar-refractivity contribution in [2.75, 3.05) is 0 Å². The minimum atomic E-state index is -0.0926. The summed E-state index contributed by atoms with van der Waals surface area (Å²) in [6.45, 7) is 27.4. The van der Waals surface area contributed by atoms with Gasteiger partial charge >= 0.3 is 0 Å². The Morgan fingerprint density at radius 3 is 1.89 bits per heavy atom. The lowest BCUT2D eigenvalue weighted by molar-refractivity contribution is 0.411. The van der Waals surface area contributed by atoms with Crippen molar-refractivity contribution in [3.05, 3.63) is 168 Å². The second-order valence-corrected chi connectivity index (χ2v) is 22.5. The Bertz CT molecular complexity index is 3340. The Morgan fingerprint density at radius 1 is 0.530 bits per heavy atom. The highest BCUT2D eigenvalue weighted by atomic mass is 15.1. The Labute approximate surface area is 391 Å². The molecule has 330 valence electrons. The fourth-order valence-electron chi connectivity index (χ4n) is 9.27. The van der Waals surface area contributed by atoms with Gasteiger partial charge in [0.2, 0.25) is 0 Å². The van der Waals surface area contributed by atoms with Gasteiger partial charge in [-0.3, -0.25) is 4.57 Å². The standard InChI is InChI=1S/C61H61N5/c1-58(2,3)35-38-21-25-49-52(28-38)63-37-64-55(49)51-32-42(29-41-27-39(36-62)22-24-47(41)51)48-19-16-20-54-56(48)65-57(43-30-45(60(7,8)9)33-46(31-43)61(10,11)12)66(54)53-26-23-44(59(4,5)6)34-50(53)40-17-14-13-15-18-40/h13-34,37H,35H2,1-12H3. The van der Waals surface area contributed by atoms with E-state index >= 15 is 0 Å². The van der Waals surface area contributed by atoms with Crippen LogP contribution in [-0.4, -0.2) is 19.5 Å². The number of imidazole rings is 1. The van der Waals surface area contributed by atoms with Gasteiger partial charge in [0.15, 0.2) is 0 Å². The Morgan fingerprint density at radius 2 is 1.23 bits per heavy atom. The maximum absolute atomic E-state index is 10.1. The molecular weight excluding hydrogens is 803 g/mol. The molecule has 0 aliphatic heterocycles. The summed E-state index contributed by atoms with van der Waals surface area (Å²) < 4.78 is 2.39. The SMILES string of the molecule is CC(C)(C)Cc1ccc2c(-c3cc(-c4cccc5c4nc(-c4cc(C(C)(C)C)cc(C(C)(C)C)c4)n5-c4ccc(C(C)(C)C)cc4-c4ccccc4)cc4cc(C#N)ccc34)ncnc2c1. The molecule has 5 nitrogen and oxygen atoms in total. The van der Waals surface area contributed by atoms with Crippen molar-refractivity contribution in [3.63, 3.8) is 0 Å². The molecule has 0 saturated heterocycles. The second-order valence-electron chi connectivity index (χ2n) is 22.5. The van der Waals surface area contributed by atoms with E-state index < -0.39 is 0 Å². The van der Waals surface area contributed by atoms with Crippen molar-refractivity contribution >= 4 is 32.7 Å². The number of hydrogen-bond donors (Lipinski definition) is 0. The fraction of sp³-hybridized carbons (Fsp3) is 0.279. The first kappa shape index (κ1) is 44.3. The number of rotatable bonds is 6. The lowest BCUT2D eigenvalue weighted by Crippen LogP contribution is -2.17. The summed E-state index contributed by atoms with van der Waals surface area (Å²) in [6, 6.07) is 50.7. The maximum Gasteiger partial charge on any atom is 0.145 e. The van der Waals surface area contributed by atoms with E-state index in [1.54, 1.807) is 6.33 Å². The lowest BCUT2D eigenvalue weighted by atomic mass is 9.79. The molecule has 0 spiro atoms. The minimum absolute atomic E-state index is 0.0549. The molecule has 9 aromatic rings. The second kappa shape index (κ2) is 16.2. The predicted molar refractivity (Wildman–Crippen MR) is 277 cm³/mol. The van der Waals surface area contributed by atoms with E-state index in [4.69, 9.17) is 15.0 Å². The van der Waals surface area contributed by atoms with Crippen LogP contribution in [0.3, 0.4) is 0 Å². The summed E-state index contributed by atoms with van der Waals surface area (Å²) in [6.07, 6.45) is 2.63. The number of nitrogens with zero attached hydrogens (tertiary/aromatic N) is 5. The van der Waals surface area contributed by atoms with Gasteiger partial charge in [-0.1, -0.05) is 156 Å². The van der Waals surface area contributed by atoms with Crippen LogP contribution in [0.4, 0.5) is 0 Å². The molecule has 9 rings (SSSR count). The number of para-hydroxylation sites is 1. The van der Waals surface area contributed by atoms with E-state index in [9.17, 15) is 5.26 Å². The van der Waals surface area contributed by atoms with Crippen molar-refractivity contribution in [2.24, 2.45) is 5.41 Å². The normalized spacial score (nSPS) is 12.6. The highest BCUT2D eigenvalue weighted by molar-refractivity contribution is 6.07. The predicted octanol–water partition coefficient (Wildman–Crippen LogP) is 16.1. The minimum Gasteiger partial charge on any atom is -0.292 e. The van der Waals surface area contributed by atoms with Gasteiger partial charge in [-0.05, 0) is 133 Å². The topological polar surface area (TPSA) is 67.4 Å². The van der Waals surface area contributed by atoms with E-state index in [-0.39, 0.29) is 21.7 Å². The molecule has 0 N–H and O–H groups in total. The Hall–Kier alpha value is -6.90. The largest absolute Gasteiger partial charge is 0.292 e. The molecule has 7 aromatic carbocycles. The number of aromatic nitrogens is 4. The molecule has 0 atom stereocenters. The van der Waals surface area contributed by atoms with Crippen LogP contribution in [0, 0.1) is 16.7 Å². The van der Waals surface area contributed by atoms with Crippen LogP contribution in [0.5, 0.6) is 0 Å². The smallest absolute Gasteiger partial charge is 0.145 e. The van der Waals surface area contributed by atoms with E-state index in [2.05, 4.69) is 215 Å². The van der Waals surface area contributed by atoms with Gasteiger partial charge in [0.1, 0.15) is 12.2 Å². The highest BCUT2D eigenvalue weighted by Gasteiger charge is 2.27. The van der Waals surface area contributed by atoms with Gasteiger partial charge in [0, 0.05) is 27.6 Å². The molecule has 0 fully saturated rings. The first-order chi connectivity index (χ1) is 31.2. The van der Waals surface area contributed by atoms with Crippen molar-refractivity contribution < 1.29 is 0 Å². The molecule has 0 radical (unpaired) electrons. The zero-order chi connectivity index (χ0) is 46.9. The third kappa shape index (κ3) is 8.54. The van der Waals surface area contributed by atoms with Crippen molar-refractivity contribution in [2.45, 2.75) is 106 Å². The monoisotopic (exact) mass is 863 g/mol. The Balaban J connectivity index is 1.37. The quantitative estimate of drug-likeness (QED) is 0.167. The molecule has 66 heavy (non-hydrogen) atoms. The van der Waals surface area contributed by atoms with Gasteiger partial charge < -0.3 is 0 Å². The lowest BCUT2D eigenvalue weighted by Gasteiger charge is -2.26. The average molecular weight is 864 g/mol. The maximum atomic E-state index is 10.1. The number of fused-ring (bicyclic) bond motifs is 3. The summed E-state index contributed by atoms with van der Waals surface area (Å²) in [5.74, 6) is 0.885. The fourth-order valence-corrected chi connectivity index (χ4v) is 9.27. The van der Waals surface area contributed by atoms with Crippen molar-refractivity contribution in [1.82, 2.24) is 19.5 Å². The van der Waals surface area contributed by atoms with E-state index in [0.717, 1.165) is 89.7 Å². The zero-order valence-corrected chi connectivity index (χ0v) is 40.7. The van der Waals surface area contributed by atoms with Gasteiger partial charge in [-0.15, -0.1) is 0 Å². The molecule has 2 aromatic heterocycles. The number of nitriles is 1. The summed E-state index contributed by atoms with van der Waals surface area (Å²) in [5.41, 5.74) is 16.7. The van der Waals surface area contributed by atoms with Crippen molar-refractivity contribution in [3.8, 4) is 56.7 Å². The highest BCUT2D eigenvalue weighted by Crippen LogP contribution is 2.43. The summed E-state index contributed by atoms with van der Waals surface area (Å²) >= 11 is 0. The summed E-state index contributed by atoms with van der Waals surface area (Å²) in [5, 5.41) is 13.1. The van der Waals surface area contributed by atoms with Crippen LogP contribution in [0.2, 0.25) is 0 Å². The van der Waals surface area contributed by atoms with Gasteiger partial charge in [0.25, 0.3) is 0 Å². The molecule has 0 unspecified atom stereocenters. The summed E-state index contributed by atoms with van der Waals surface area (Å²) in [4.78, 5) is 15.5. The zero-order valence-electron chi connectivity index (χ0n) is 40.7. The molecule has 2 heterocycles. The van der Waals surface area contributed by atoms with Gasteiger partial charge in [-0.25, -0.2) is 15.0 Å². The van der Waals surface area contributed by atoms with Crippen LogP contribution in [0.1, 0.15) is 111 Å². The Kier molecular flexibility index (Phi) is 10.9. The molecule has 0 amide bonds. The third-order valence-corrected chi connectivity index (χ3v) is 12.9. The summed E-state index contributed by atoms with van der Waals surface area (Å²) in [7, 11) is 0. The van der Waals surface area contributed by atoms with Crippen LogP contribution in [-0.2, 0) is 22.7 Å². The molecular formula is C61H61N5. The number of hydrogen-bond acceptors (Lipinski definition) is 4. The van der Waals surface area contributed by atoms with E-state index in [0.29, 0.717) is 5.56 Å². The van der Waals surface area contributed by atoms with E-state index in [1.807, 2.05) is 12.1 Å². The molecule has 5 heteroatoms. The van der Waals surface area contributed by atoms with E-state index in [1.165, 1.54) is 22.3 Å². The van der Waals surface area contributed by atoms with Crippen molar-refractivity contribution in [1.29, 1.82) is 5.26 Å². The molecule has 0 aliphatic carbocycles. The van der Waals surface area contributed by atoms with Gasteiger partial charge in [-0.2, -0.15) is 5.26 Å². The number of benzene rings is 7. The average Bonchev–Trinajstić information content (AvgIpc) is 3.66. The molecule has 0 bridgehead atoms. The molecule has 0 saturated carbocycles. The van der Waals surface area contributed by atoms with Crippen LogP contribution < -0.4 is 0 Å².